The Balaban J connectivity index is -0.000000205. The fourth-order valence-corrected chi connectivity index (χ4v) is 0.322. The first-order chi connectivity index (χ1) is 6.22. The van der Waals surface area contributed by atoms with Crippen LogP contribution in [0.25, 0.3) is 0 Å². The molecule has 88 valence electrons. The Labute approximate surface area is 89.9 Å². The molecular formula is C11H29N3. The highest BCUT2D eigenvalue weighted by Crippen LogP contribution is 2.16. The van der Waals surface area contributed by atoms with Crippen LogP contribution in [0.4, 0.5) is 0 Å². The Morgan fingerprint density at radius 3 is 1.36 bits per heavy atom. The van der Waals surface area contributed by atoms with E-state index in [9.17, 15) is 0 Å². The van der Waals surface area contributed by atoms with Gasteiger partial charge in [0.25, 0.3) is 0 Å². The molecule has 3 heteroatoms. The van der Waals surface area contributed by atoms with Crippen molar-refractivity contribution in [1.82, 2.24) is 5.32 Å². The summed E-state index contributed by atoms with van der Waals surface area (Å²) in [5, 5.41) is 3.16. The third kappa shape index (κ3) is 9.71. The molecule has 0 aliphatic rings. The Morgan fingerprint density at radius 2 is 1.36 bits per heavy atom. The molecule has 0 unspecified atom stereocenters. The van der Waals surface area contributed by atoms with Gasteiger partial charge >= 0.3 is 0 Å². The van der Waals surface area contributed by atoms with Crippen LogP contribution in [-0.2, 0) is 0 Å². The first-order valence-electron chi connectivity index (χ1n) is 4.90. The van der Waals surface area contributed by atoms with Crippen molar-refractivity contribution in [3.63, 3.8) is 0 Å². The molecular weight excluding hydrogens is 174 g/mol. The lowest BCUT2D eigenvalue weighted by Crippen LogP contribution is -2.59. The van der Waals surface area contributed by atoms with E-state index in [-0.39, 0.29) is 11.1 Å². The molecule has 3 nitrogen and oxygen atoms in total. The summed E-state index contributed by atoms with van der Waals surface area (Å²) in [6.07, 6.45) is 0. The van der Waals surface area contributed by atoms with Crippen LogP contribution in [0.3, 0.4) is 0 Å². The van der Waals surface area contributed by atoms with Crippen molar-refractivity contribution in [3.8, 4) is 0 Å². The fraction of sp³-hybridized carbons (Fsp3) is 0.818. The number of nitrogens with one attached hydrogen (secondary N) is 1. The van der Waals surface area contributed by atoms with E-state index in [1.54, 1.807) is 0 Å². The van der Waals surface area contributed by atoms with Gasteiger partial charge in [0, 0.05) is 11.1 Å². The second-order valence-electron chi connectivity index (χ2n) is 4.00. The lowest BCUT2D eigenvalue weighted by molar-refractivity contribution is 0.259. The van der Waals surface area contributed by atoms with E-state index in [2.05, 4.69) is 32.3 Å². The van der Waals surface area contributed by atoms with E-state index in [1.807, 2.05) is 27.8 Å². The maximum Gasteiger partial charge on any atom is 0.0296 e. The average Bonchev–Trinajstić information content (AvgIpc) is 2.07. The molecule has 0 spiro atoms. The quantitative estimate of drug-likeness (QED) is 0.596. The lowest BCUT2D eigenvalue weighted by Gasteiger charge is -2.38. The molecule has 0 aliphatic heterocycles. The van der Waals surface area contributed by atoms with E-state index in [0.29, 0.717) is 0 Å². The maximum absolute atomic E-state index is 5.86. The van der Waals surface area contributed by atoms with Gasteiger partial charge in [-0.05, 0) is 41.3 Å². The van der Waals surface area contributed by atoms with Crippen molar-refractivity contribution in [2.24, 2.45) is 11.5 Å². The Hall–Kier alpha value is -0.380. The highest BCUT2D eigenvalue weighted by Gasteiger charge is 2.31. The maximum atomic E-state index is 5.86. The average molecular weight is 203 g/mol. The third-order valence-corrected chi connectivity index (χ3v) is 2.24. The van der Waals surface area contributed by atoms with Gasteiger partial charge < -0.3 is 16.8 Å². The highest BCUT2D eigenvalue weighted by molar-refractivity contribution is 4.95. The van der Waals surface area contributed by atoms with Gasteiger partial charge in [-0.2, -0.15) is 0 Å². The Kier molecular flexibility index (Phi) is 12.6. The van der Waals surface area contributed by atoms with E-state index >= 15 is 0 Å². The largest absolute Gasteiger partial charge is 0.331 e. The molecule has 0 heterocycles. The first kappa shape index (κ1) is 19.2. The van der Waals surface area contributed by atoms with E-state index in [0.717, 1.165) is 6.54 Å². The Morgan fingerprint density at radius 1 is 1.14 bits per heavy atom. The normalized spacial score (nSPS) is 10.6. The van der Waals surface area contributed by atoms with Gasteiger partial charge in [-0.15, -0.1) is 13.2 Å². The molecule has 0 bridgehead atoms. The van der Waals surface area contributed by atoms with Crippen molar-refractivity contribution < 1.29 is 0 Å². The summed E-state index contributed by atoms with van der Waals surface area (Å²) >= 11 is 0. The van der Waals surface area contributed by atoms with Crippen molar-refractivity contribution in [1.29, 1.82) is 0 Å². The zero-order valence-electron chi connectivity index (χ0n) is 10.8. The van der Waals surface area contributed by atoms with Crippen LogP contribution in [0, 0.1) is 0 Å². The van der Waals surface area contributed by atoms with Crippen molar-refractivity contribution in [3.05, 3.63) is 13.2 Å². The minimum atomic E-state index is -0.165. The number of hydrogen-bond acceptors (Lipinski definition) is 3. The number of rotatable bonds is 2. The lowest BCUT2D eigenvalue weighted by atomic mass is 9.84. The SMILES string of the molecule is C=C.CCN.CNC(C)(C)C(C)(C)N. The van der Waals surface area contributed by atoms with Gasteiger partial charge in [-0.3, -0.25) is 0 Å². The van der Waals surface area contributed by atoms with Gasteiger partial charge in [-0.25, -0.2) is 0 Å². The van der Waals surface area contributed by atoms with Crippen molar-refractivity contribution in [2.45, 2.75) is 45.7 Å². The molecule has 0 aromatic rings. The fourth-order valence-electron chi connectivity index (χ4n) is 0.322. The van der Waals surface area contributed by atoms with E-state index in [4.69, 9.17) is 11.5 Å². The minimum absolute atomic E-state index is 0.00694. The zero-order chi connectivity index (χ0) is 12.4. The predicted molar refractivity (Wildman–Crippen MR) is 67.4 cm³/mol. The zero-order valence-corrected chi connectivity index (χ0v) is 10.8. The van der Waals surface area contributed by atoms with Crippen LogP contribution >= 0.6 is 0 Å². The molecule has 0 atom stereocenters. The van der Waals surface area contributed by atoms with Crippen LogP contribution in [0.2, 0.25) is 0 Å². The molecule has 0 amide bonds. The number of hydrogen-bond donors (Lipinski definition) is 3. The number of likely N-dealkylation sites (N-methyl/N-ethyl adjacent to an activating group) is 1. The summed E-state index contributed by atoms with van der Waals surface area (Å²) in [5.41, 5.74) is 10.6. The molecule has 0 aromatic heterocycles. The summed E-state index contributed by atoms with van der Waals surface area (Å²) in [6, 6.07) is 0. The summed E-state index contributed by atoms with van der Waals surface area (Å²) in [4.78, 5) is 0. The first-order valence-corrected chi connectivity index (χ1v) is 4.90. The van der Waals surface area contributed by atoms with Crippen LogP contribution in [0.15, 0.2) is 13.2 Å². The molecule has 0 radical (unpaired) electrons. The standard InChI is InChI=1S/C7H18N2.C2H7N.C2H4/c1-6(2,8)7(3,4)9-5;1-2-3;1-2/h9H,8H2,1-5H3;2-3H2,1H3;1-2H2. The molecule has 0 fully saturated rings. The van der Waals surface area contributed by atoms with Crippen LogP contribution < -0.4 is 16.8 Å². The topological polar surface area (TPSA) is 64.1 Å². The summed E-state index contributed by atoms with van der Waals surface area (Å²) < 4.78 is 0. The molecule has 0 aromatic carbocycles. The molecule has 0 rings (SSSR count). The van der Waals surface area contributed by atoms with Gasteiger partial charge in [-0.1, -0.05) is 6.92 Å². The van der Waals surface area contributed by atoms with Gasteiger partial charge in [0.2, 0.25) is 0 Å². The summed E-state index contributed by atoms with van der Waals surface area (Å²) in [5.74, 6) is 0. The molecule has 5 N–H and O–H groups in total. The van der Waals surface area contributed by atoms with Gasteiger partial charge in [0.15, 0.2) is 0 Å². The highest BCUT2D eigenvalue weighted by atomic mass is 15.0. The van der Waals surface area contributed by atoms with E-state index < -0.39 is 0 Å². The van der Waals surface area contributed by atoms with Crippen molar-refractivity contribution >= 4 is 0 Å². The summed E-state index contributed by atoms with van der Waals surface area (Å²) in [7, 11) is 1.93. The molecule has 0 saturated carbocycles. The minimum Gasteiger partial charge on any atom is -0.331 e. The molecule has 0 saturated heterocycles. The van der Waals surface area contributed by atoms with Gasteiger partial charge in [0.05, 0.1) is 0 Å². The van der Waals surface area contributed by atoms with Crippen LogP contribution in [0.1, 0.15) is 34.6 Å². The van der Waals surface area contributed by atoms with E-state index in [1.165, 1.54) is 0 Å². The van der Waals surface area contributed by atoms with Crippen LogP contribution in [-0.4, -0.2) is 24.7 Å². The summed E-state index contributed by atoms with van der Waals surface area (Å²) in [6.45, 7) is 16.9. The molecule has 0 aliphatic carbocycles. The Bertz CT molecular complexity index is 114. The molecule has 14 heavy (non-hydrogen) atoms. The monoisotopic (exact) mass is 203 g/mol. The second-order valence-corrected chi connectivity index (χ2v) is 4.00. The van der Waals surface area contributed by atoms with Crippen molar-refractivity contribution in [2.75, 3.05) is 13.6 Å². The smallest absolute Gasteiger partial charge is 0.0296 e. The van der Waals surface area contributed by atoms with Crippen LogP contribution in [0.5, 0.6) is 0 Å². The van der Waals surface area contributed by atoms with Gasteiger partial charge in [0.1, 0.15) is 0 Å². The number of nitrogens with two attached hydrogens (primary N) is 2. The second kappa shape index (κ2) is 9.19. The predicted octanol–water partition coefficient (Wildman–Crippen LogP) is 1.49. The third-order valence-electron chi connectivity index (χ3n) is 2.24.